The molecule has 0 saturated heterocycles. The molecule has 0 aliphatic carbocycles. The topological polar surface area (TPSA) is 86.7 Å². The molecule has 0 fully saturated rings. The first-order valence-corrected chi connectivity index (χ1v) is 7.03. The molecule has 1 unspecified atom stereocenters. The van der Waals surface area contributed by atoms with Crippen molar-refractivity contribution in [1.82, 2.24) is 4.57 Å². The molecule has 2 heterocycles. The van der Waals surface area contributed by atoms with Gasteiger partial charge < -0.3 is 24.9 Å². The lowest BCUT2D eigenvalue weighted by Gasteiger charge is -2.11. The van der Waals surface area contributed by atoms with E-state index in [1.165, 1.54) is 0 Å². The molecule has 1 aliphatic rings. The Morgan fingerprint density at radius 2 is 2.05 bits per heavy atom. The molecule has 22 heavy (non-hydrogen) atoms. The number of aryl methyl sites for hydroxylation is 1. The van der Waals surface area contributed by atoms with Crippen LogP contribution in [0.15, 0.2) is 24.3 Å². The van der Waals surface area contributed by atoms with E-state index >= 15 is 0 Å². The van der Waals surface area contributed by atoms with Crippen LogP contribution in [-0.2, 0) is 11.2 Å². The van der Waals surface area contributed by atoms with Crippen LogP contribution in [-0.4, -0.2) is 28.5 Å². The summed E-state index contributed by atoms with van der Waals surface area (Å²) in [5.41, 5.74) is 9.53. The zero-order valence-corrected chi connectivity index (χ0v) is 12.5. The lowest BCUT2D eigenvalue weighted by molar-refractivity contribution is -0.138. The Bertz CT molecular complexity index is 736. The molecular formula is C16H18N2O4. The second-order valence-electron chi connectivity index (χ2n) is 5.42. The second kappa shape index (κ2) is 5.38. The summed E-state index contributed by atoms with van der Waals surface area (Å²) in [7, 11) is 0. The van der Waals surface area contributed by atoms with E-state index in [1.807, 2.05) is 38.1 Å². The number of ether oxygens (including phenoxy) is 2. The van der Waals surface area contributed by atoms with Gasteiger partial charge in [-0.2, -0.15) is 0 Å². The van der Waals surface area contributed by atoms with Crippen LogP contribution >= 0.6 is 0 Å². The summed E-state index contributed by atoms with van der Waals surface area (Å²) in [5.74, 6) is 0.459. The van der Waals surface area contributed by atoms with Crippen LogP contribution in [0.2, 0.25) is 0 Å². The van der Waals surface area contributed by atoms with Crippen molar-refractivity contribution in [3.05, 3.63) is 41.2 Å². The number of nitrogens with two attached hydrogens (primary N) is 1. The standard InChI is InChI=1S/C16H18N2O4/c1-9-5-11(6-13(17)16(19)20)10(2)18(9)12-3-4-14-15(7-12)22-8-21-14/h3-5,7,13H,6,8,17H2,1-2H3,(H,19,20). The molecule has 0 radical (unpaired) electrons. The third kappa shape index (κ3) is 2.42. The van der Waals surface area contributed by atoms with Gasteiger partial charge in [0.2, 0.25) is 6.79 Å². The van der Waals surface area contributed by atoms with E-state index in [2.05, 4.69) is 4.57 Å². The van der Waals surface area contributed by atoms with Crippen molar-refractivity contribution in [1.29, 1.82) is 0 Å². The molecule has 3 rings (SSSR count). The number of hydrogen-bond donors (Lipinski definition) is 2. The number of benzene rings is 1. The minimum atomic E-state index is -0.993. The van der Waals surface area contributed by atoms with Gasteiger partial charge in [0.15, 0.2) is 11.5 Å². The maximum absolute atomic E-state index is 10.9. The zero-order valence-electron chi connectivity index (χ0n) is 12.5. The maximum Gasteiger partial charge on any atom is 0.320 e. The highest BCUT2D eigenvalue weighted by Gasteiger charge is 2.19. The first kappa shape index (κ1) is 14.5. The molecule has 0 saturated carbocycles. The number of aliphatic carboxylic acids is 1. The van der Waals surface area contributed by atoms with Crippen molar-refractivity contribution < 1.29 is 19.4 Å². The fraction of sp³-hybridized carbons (Fsp3) is 0.312. The van der Waals surface area contributed by atoms with Crippen LogP contribution in [0.1, 0.15) is 17.0 Å². The summed E-state index contributed by atoms with van der Waals surface area (Å²) in [4.78, 5) is 10.9. The van der Waals surface area contributed by atoms with Crippen LogP contribution in [0.5, 0.6) is 11.5 Å². The molecule has 0 amide bonds. The zero-order chi connectivity index (χ0) is 15.9. The lowest BCUT2D eigenvalue weighted by atomic mass is 10.1. The van der Waals surface area contributed by atoms with E-state index in [1.54, 1.807) is 0 Å². The number of rotatable bonds is 4. The average molecular weight is 302 g/mol. The number of fused-ring (bicyclic) bond motifs is 1. The minimum Gasteiger partial charge on any atom is -0.480 e. The summed E-state index contributed by atoms with van der Waals surface area (Å²) in [6.45, 7) is 4.18. The SMILES string of the molecule is Cc1cc(CC(N)C(=O)O)c(C)n1-c1ccc2c(c1)OCO2. The fourth-order valence-electron chi connectivity index (χ4n) is 2.78. The van der Waals surface area contributed by atoms with E-state index in [9.17, 15) is 4.79 Å². The fourth-order valence-corrected chi connectivity index (χ4v) is 2.78. The normalized spacial score (nSPS) is 14.1. The highest BCUT2D eigenvalue weighted by molar-refractivity contribution is 5.73. The van der Waals surface area contributed by atoms with E-state index in [-0.39, 0.29) is 6.79 Å². The molecule has 1 aromatic carbocycles. The van der Waals surface area contributed by atoms with Crippen molar-refractivity contribution in [2.75, 3.05) is 6.79 Å². The van der Waals surface area contributed by atoms with Crippen molar-refractivity contribution >= 4 is 5.97 Å². The molecular weight excluding hydrogens is 284 g/mol. The largest absolute Gasteiger partial charge is 0.480 e. The molecule has 1 aromatic heterocycles. The van der Waals surface area contributed by atoms with Gasteiger partial charge in [0.25, 0.3) is 0 Å². The highest BCUT2D eigenvalue weighted by atomic mass is 16.7. The number of carboxylic acids is 1. The van der Waals surface area contributed by atoms with Gasteiger partial charge in [0.05, 0.1) is 0 Å². The highest BCUT2D eigenvalue weighted by Crippen LogP contribution is 2.34. The van der Waals surface area contributed by atoms with Crippen LogP contribution < -0.4 is 15.2 Å². The summed E-state index contributed by atoms with van der Waals surface area (Å²) < 4.78 is 12.8. The quantitative estimate of drug-likeness (QED) is 0.899. The molecule has 0 spiro atoms. The third-order valence-corrected chi connectivity index (χ3v) is 3.91. The first-order chi connectivity index (χ1) is 10.5. The predicted molar refractivity (Wildman–Crippen MR) is 80.7 cm³/mol. The summed E-state index contributed by atoms with van der Waals surface area (Å²) >= 11 is 0. The molecule has 0 bridgehead atoms. The minimum absolute atomic E-state index is 0.237. The van der Waals surface area contributed by atoms with Gasteiger partial charge in [0.1, 0.15) is 6.04 Å². The Morgan fingerprint density at radius 3 is 2.77 bits per heavy atom. The van der Waals surface area contributed by atoms with E-state index in [4.69, 9.17) is 20.3 Å². The first-order valence-electron chi connectivity index (χ1n) is 7.03. The van der Waals surface area contributed by atoms with Gasteiger partial charge in [0, 0.05) is 29.6 Å². The lowest BCUT2D eigenvalue weighted by Crippen LogP contribution is -2.32. The van der Waals surface area contributed by atoms with Gasteiger partial charge in [-0.1, -0.05) is 0 Å². The summed E-state index contributed by atoms with van der Waals surface area (Å²) in [5, 5.41) is 8.97. The Kier molecular flexibility index (Phi) is 3.54. The smallest absolute Gasteiger partial charge is 0.320 e. The monoisotopic (exact) mass is 302 g/mol. The Hall–Kier alpha value is -2.47. The number of carboxylic acid groups (broad SMARTS) is 1. The van der Waals surface area contributed by atoms with Crippen molar-refractivity contribution in [2.24, 2.45) is 5.73 Å². The molecule has 6 nitrogen and oxygen atoms in total. The maximum atomic E-state index is 10.9. The van der Waals surface area contributed by atoms with Gasteiger partial charge in [-0.3, -0.25) is 4.79 Å². The summed E-state index contributed by atoms with van der Waals surface area (Å²) in [6, 6.07) is 6.82. The number of aromatic nitrogens is 1. The van der Waals surface area contributed by atoms with Crippen LogP contribution in [0, 0.1) is 13.8 Å². The van der Waals surface area contributed by atoms with Crippen molar-refractivity contribution in [3.63, 3.8) is 0 Å². The van der Waals surface area contributed by atoms with Gasteiger partial charge in [-0.15, -0.1) is 0 Å². The molecule has 1 atom stereocenters. The van der Waals surface area contributed by atoms with E-state index in [0.717, 1.165) is 28.4 Å². The average Bonchev–Trinajstić information content (AvgIpc) is 3.03. The van der Waals surface area contributed by atoms with Gasteiger partial charge >= 0.3 is 5.97 Å². The van der Waals surface area contributed by atoms with Gasteiger partial charge in [-0.05, 0) is 37.6 Å². The molecule has 6 heteroatoms. The number of carbonyl (C=O) groups is 1. The predicted octanol–water partition coefficient (Wildman–Crippen LogP) is 1.78. The molecule has 2 aromatic rings. The van der Waals surface area contributed by atoms with E-state index < -0.39 is 12.0 Å². The van der Waals surface area contributed by atoms with Gasteiger partial charge in [-0.25, -0.2) is 0 Å². The third-order valence-electron chi connectivity index (χ3n) is 3.91. The number of hydrogen-bond acceptors (Lipinski definition) is 4. The Balaban J connectivity index is 1.98. The van der Waals surface area contributed by atoms with Crippen molar-refractivity contribution in [3.8, 4) is 17.2 Å². The van der Waals surface area contributed by atoms with Crippen molar-refractivity contribution in [2.45, 2.75) is 26.3 Å². The molecule has 116 valence electrons. The molecule has 1 aliphatic heterocycles. The molecule has 3 N–H and O–H groups in total. The number of nitrogens with zero attached hydrogens (tertiary/aromatic N) is 1. The second-order valence-corrected chi connectivity index (χ2v) is 5.42. The van der Waals surface area contributed by atoms with Crippen LogP contribution in [0.3, 0.4) is 0 Å². The van der Waals surface area contributed by atoms with Crippen LogP contribution in [0.25, 0.3) is 5.69 Å². The Morgan fingerprint density at radius 1 is 1.32 bits per heavy atom. The van der Waals surface area contributed by atoms with E-state index in [0.29, 0.717) is 12.2 Å². The van der Waals surface area contributed by atoms with Crippen LogP contribution in [0.4, 0.5) is 0 Å². The summed E-state index contributed by atoms with van der Waals surface area (Å²) in [6.07, 6.45) is 0.305. The Labute approximate surface area is 128 Å².